The van der Waals surface area contributed by atoms with Crippen molar-refractivity contribution in [1.82, 2.24) is 10.5 Å². The van der Waals surface area contributed by atoms with Gasteiger partial charge in [-0.25, -0.2) is 0 Å². The van der Waals surface area contributed by atoms with E-state index in [0.29, 0.717) is 17.6 Å². The largest absolute Gasteiger partial charge is 0.360 e. The van der Waals surface area contributed by atoms with Crippen LogP contribution in [0.4, 0.5) is 5.82 Å². The molecule has 1 amide bonds. The van der Waals surface area contributed by atoms with Crippen LogP contribution in [0.1, 0.15) is 44.3 Å². The van der Waals surface area contributed by atoms with Gasteiger partial charge in [-0.3, -0.25) is 4.79 Å². The summed E-state index contributed by atoms with van der Waals surface area (Å²) in [5.74, 6) is 2.00. The number of rotatable bonds is 2. The van der Waals surface area contributed by atoms with Crippen molar-refractivity contribution in [2.75, 3.05) is 5.32 Å². The van der Waals surface area contributed by atoms with Gasteiger partial charge in [0.2, 0.25) is 5.91 Å². The number of nitrogens with zero attached hydrogens (tertiary/aromatic N) is 1. The highest BCUT2D eigenvalue weighted by Crippen LogP contribution is 2.32. The number of amides is 1. The number of hydrogen-bond donors (Lipinski definition) is 2. The van der Waals surface area contributed by atoms with Crippen LogP contribution in [0.25, 0.3) is 0 Å². The van der Waals surface area contributed by atoms with Gasteiger partial charge in [0.25, 0.3) is 0 Å². The van der Waals surface area contributed by atoms with Crippen molar-refractivity contribution in [2.24, 2.45) is 5.92 Å². The Morgan fingerprint density at radius 3 is 3.00 bits per heavy atom. The summed E-state index contributed by atoms with van der Waals surface area (Å²) in [7, 11) is 0. The third-order valence-electron chi connectivity index (χ3n) is 4.35. The zero-order valence-electron chi connectivity index (χ0n) is 11.3. The van der Waals surface area contributed by atoms with Crippen LogP contribution in [-0.4, -0.2) is 23.1 Å². The van der Waals surface area contributed by atoms with Crippen LogP contribution in [0.15, 0.2) is 10.6 Å². The zero-order valence-corrected chi connectivity index (χ0v) is 11.3. The minimum atomic E-state index is -0.0867. The first kappa shape index (κ1) is 12.7. The molecule has 5 nitrogen and oxygen atoms in total. The SMILES string of the molecule is Cc1cc(NC(=O)C2CCC3CCCCC3N2)no1. The Balaban J connectivity index is 1.58. The lowest BCUT2D eigenvalue weighted by Crippen LogP contribution is -2.53. The van der Waals surface area contributed by atoms with E-state index in [1.165, 1.54) is 25.7 Å². The zero-order chi connectivity index (χ0) is 13.2. The number of piperidine rings is 1. The lowest BCUT2D eigenvalue weighted by molar-refractivity contribution is -0.119. The fraction of sp³-hybridized carbons (Fsp3) is 0.714. The standard InChI is InChI=1S/C14H21N3O2/c1-9-8-13(17-19-9)16-14(18)12-7-6-10-4-2-3-5-11(10)15-12/h8,10-12,15H,2-7H2,1H3,(H,16,17,18). The van der Waals surface area contributed by atoms with Crippen molar-refractivity contribution >= 4 is 11.7 Å². The summed E-state index contributed by atoms with van der Waals surface area (Å²) in [5.41, 5.74) is 0. The molecule has 2 N–H and O–H groups in total. The Morgan fingerprint density at radius 2 is 2.21 bits per heavy atom. The summed E-state index contributed by atoms with van der Waals surface area (Å²) in [5, 5.41) is 10.1. The molecule has 19 heavy (non-hydrogen) atoms. The fourth-order valence-corrected chi connectivity index (χ4v) is 3.34. The van der Waals surface area contributed by atoms with Crippen molar-refractivity contribution in [2.45, 2.75) is 57.5 Å². The lowest BCUT2D eigenvalue weighted by atomic mass is 9.77. The average Bonchev–Trinajstić information content (AvgIpc) is 2.83. The molecule has 0 spiro atoms. The van der Waals surface area contributed by atoms with Crippen molar-refractivity contribution in [3.8, 4) is 0 Å². The topological polar surface area (TPSA) is 67.2 Å². The number of hydrogen-bond acceptors (Lipinski definition) is 4. The van der Waals surface area contributed by atoms with Crippen molar-refractivity contribution < 1.29 is 9.32 Å². The first-order valence-corrected chi connectivity index (χ1v) is 7.22. The molecular weight excluding hydrogens is 242 g/mol. The van der Waals surface area contributed by atoms with E-state index in [1.807, 2.05) is 6.92 Å². The maximum absolute atomic E-state index is 12.2. The van der Waals surface area contributed by atoms with E-state index < -0.39 is 0 Å². The summed E-state index contributed by atoms with van der Waals surface area (Å²) in [6, 6.07) is 2.18. The molecule has 0 aromatic carbocycles. The first-order valence-electron chi connectivity index (χ1n) is 7.22. The molecule has 2 aliphatic rings. The molecular formula is C14H21N3O2. The maximum Gasteiger partial charge on any atom is 0.242 e. The van der Waals surface area contributed by atoms with Crippen molar-refractivity contribution in [1.29, 1.82) is 0 Å². The monoisotopic (exact) mass is 263 g/mol. The number of carbonyl (C=O) groups excluding carboxylic acids is 1. The fourth-order valence-electron chi connectivity index (χ4n) is 3.34. The Labute approximate surface area is 113 Å². The highest BCUT2D eigenvalue weighted by Gasteiger charge is 2.34. The third-order valence-corrected chi connectivity index (χ3v) is 4.35. The molecule has 104 valence electrons. The quantitative estimate of drug-likeness (QED) is 0.858. The Hall–Kier alpha value is -1.36. The van der Waals surface area contributed by atoms with E-state index >= 15 is 0 Å². The predicted octanol–water partition coefficient (Wildman–Crippen LogP) is 2.23. The Bertz CT molecular complexity index is 457. The normalized spacial score (nSPS) is 30.7. The molecule has 1 saturated heterocycles. The van der Waals surface area contributed by atoms with Crippen LogP contribution >= 0.6 is 0 Å². The van der Waals surface area contributed by atoms with Gasteiger partial charge in [-0.05, 0) is 38.5 Å². The van der Waals surface area contributed by atoms with Crippen molar-refractivity contribution in [3.05, 3.63) is 11.8 Å². The van der Waals surface area contributed by atoms with Gasteiger partial charge in [-0.2, -0.15) is 0 Å². The number of carbonyl (C=O) groups is 1. The second-order valence-corrected chi connectivity index (χ2v) is 5.76. The minimum absolute atomic E-state index is 0.0114. The Kier molecular flexibility index (Phi) is 3.55. The number of fused-ring (bicyclic) bond motifs is 1. The average molecular weight is 263 g/mol. The maximum atomic E-state index is 12.2. The molecule has 5 heteroatoms. The molecule has 1 aliphatic heterocycles. The van der Waals surface area contributed by atoms with Gasteiger partial charge in [0.15, 0.2) is 5.82 Å². The van der Waals surface area contributed by atoms with E-state index in [9.17, 15) is 4.79 Å². The van der Waals surface area contributed by atoms with E-state index in [4.69, 9.17) is 4.52 Å². The molecule has 1 aromatic rings. The number of aryl methyl sites for hydroxylation is 1. The second-order valence-electron chi connectivity index (χ2n) is 5.76. The predicted molar refractivity (Wildman–Crippen MR) is 71.8 cm³/mol. The van der Waals surface area contributed by atoms with Crippen LogP contribution in [0.2, 0.25) is 0 Å². The summed E-state index contributed by atoms with van der Waals surface area (Å²) in [6.07, 6.45) is 7.23. The van der Waals surface area contributed by atoms with Crippen molar-refractivity contribution in [3.63, 3.8) is 0 Å². The second kappa shape index (κ2) is 5.33. The smallest absolute Gasteiger partial charge is 0.242 e. The van der Waals surface area contributed by atoms with E-state index in [0.717, 1.165) is 18.8 Å². The summed E-state index contributed by atoms with van der Waals surface area (Å²) >= 11 is 0. The van der Waals surface area contributed by atoms with E-state index in [-0.39, 0.29) is 11.9 Å². The van der Waals surface area contributed by atoms with Gasteiger partial charge in [0, 0.05) is 12.1 Å². The van der Waals surface area contributed by atoms with Crippen LogP contribution in [0.5, 0.6) is 0 Å². The molecule has 1 saturated carbocycles. The summed E-state index contributed by atoms with van der Waals surface area (Å²) in [4.78, 5) is 12.2. The molecule has 1 aromatic heterocycles. The Morgan fingerprint density at radius 1 is 1.37 bits per heavy atom. The van der Waals surface area contributed by atoms with Gasteiger partial charge in [-0.15, -0.1) is 0 Å². The van der Waals surface area contributed by atoms with E-state index in [2.05, 4.69) is 15.8 Å². The number of aromatic nitrogens is 1. The van der Waals surface area contributed by atoms with Crippen LogP contribution in [-0.2, 0) is 4.79 Å². The molecule has 0 bridgehead atoms. The summed E-state index contributed by atoms with van der Waals surface area (Å²) < 4.78 is 4.95. The number of anilines is 1. The van der Waals surface area contributed by atoms with Crippen LogP contribution in [0, 0.1) is 12.8 Å². The van der Waals surface area contributed by atoms with Crippen LogP contribution < -0.4 is 10.6 Å². The van der Waals surface area contributed by atoms with Crippen LogP contribution in [0.3, 0.4) is 0 Å². The molecule has 3 rings (SSSR count). The number of nitrogens with one attached hydrogen (secondary N) is 2. The highest BCUT2D eigenvalue weighted by molar-refractivity contribution is 5.94. The van der Waals surface area contributed by atoms with Gasteiger partial charge in [0.05, 0.1) is 6.04 Å². The molecule has 3 atom stereocenters. The van der Waals surface area contributed by atoms with E-state index in [1.54, 1.807) is 6.07 Å². The van der Waals surface area contributed by atoms with Gasteiger partial charge >= 0.3 is 0 Å². The first-order chi connectivity index (χ1) is 9.22. The molecule has 3 unspecified atom stereocenters. The minimum Gasteiger partial charge on any atom is -0.360 e. The van der Waals surface area contributed by atoms with Gasteiger partial charge in [-0.1, -0.05) is 18.0 Å². The molecule has 0 radical (unpaired) electrons. The third kappa shape index (κ3) is 2.81. The highest BCUT2D eigenvalue weighted by atomic mass is 16.5. The van der Waals surface area contributed by atoms with Gasteiger partial charge < -0.3 is 15.2 Å². The lowest BCUT2D eigenvalue weighted by Gasteiger charge is -2.39. The molecule has 2 fully saturated rings. The van der Waals surface area contributed by atoms with Gasteiger partial charge in [0.1, 0.15) is 5.76 Å². The molecule has 2 heterocycles. The summed E-state index contributed by atoms with van der Waals surface area (Å²) in [6.45, 7) is 1.81. The molecule has 1 aliphatic carbocycles.